The third-order valence-corrected chi connectivity index (χ3v) is 19.8. The quantitative estimate of drug-likeness (QED) is 0.222. The second-order valence-corrected chi connectivity index (χ2v) is 22.0. The lowest BCUT2D eigenvalue weighted by molar-refractivity contribution is -0.0608. The summed E-state index contributed by atoms with van der Waals surface area (Å²) in [5, 5.41) is 7.79. The van der Waals surface area contributed by atoms with Crippen molar-refractivity contribution in [1.82, 2.24) is 10.6 Å². The lowest BCUT2D eigenvalue weighted by Crippen LogP contribution is -2.52. The Labute approximate surface area is 316 Å². The molecule has 2 heteroatoms. The summed E-state index contributed by atoms with van der Waals surface area (Å²) in [6.07, 6.45) is 32.8. The molecule has 0 aromatic carbocycles. The van der Waals surface area contributed by atoms with E-state index >= 15 is 0 Å². The standard InChI is InChI=1S/C49H82N2/c1-9-27-50-36-19-23-46(5)34(30-36)11-13-38-42-17-15-40(48(42,7)25-21-44(38)46)32(3)29-33(4)41-16-18-43-39-14-12-35-31-37(51-28-10-2)20-24-47(35,6)45(39)22-26-49(41,43)8/h11-12,32-33,36-45,50-51H,9-10,13-31H2,1-8H3/t32-,33-,36+,37+,38-,39-,40?,41?,42?,43?,44?,45?,46?,47?,48?,49?/m1/s1. The largest absolute Gasteiger partial charge is 0.314 e. The van der Waals surface area contributed by atoms with E-state index in [-0.39, 0.29) is 0 Å². The minimum absolute atomic E-state index is 0.485. The van der Waals surface area contributed by atoms with Crippen LogP contribution in [-0.4, -0.2) is 25.2 Å². The second kappa shape index (κ2) is 14.2. The molecule has 16 atom stereocenters. The first-order chi connectivity index (χ1) is 24.5. The van der Waals surface area contributed by atoms with Gasteiger partial charge in [0.15, 0.2) is 0 Å². The Hall–Kier alpha value is -0.600. The van der Waals surface area contributed by atoms with Gasteiger partial charge in [-0.2, -0.15) is 0 Å². The van der Waals surface area contributed by atoms with Crippen LogP contribution in [-0.2, 0) is 0 Å². The van der Waals surface area contributed by atoms with Gasteiger partial charge in [0.2, 0.25) is 0 Å². The maximum absolute atomic E-state index is 3.89. The van der Waals surface area contributed by atoms with Crippen LogP contribution < -0.4 is 10.6 Å². The van der Waals surface area contributed by atoms with Crippen LogP contribution in [0.2, 0.25) is 0 Å². The van der Waals surface area contributed by atoms with Gasteiger partial charge in [-0.3, -0.25) is 0 Å². The summed E-state index contributed by atoms with van der Waals surface area (Å²) in [6, 6.07) is 1.46. The number of rotatable bonds is 10. The molecule has 0 spiro atoms. The summed E-state index contributed by atoms with van der Waals surface area (Å²) >= 11 is 0. The number of hydrogen-bond donors (Lipinski definition) is 2. The van der Waals surface area contributed by atoms with E-state index in [9.17, 15) is 0 Å². The predicted molar refractivity (Wildman–Crippen MR) is 217 cm³/mol. The summed E-state index contributed by atoms with van der Waals surface area (Å²) in [6.45, 7) is 23.5. The van der Waals surface area contributed by atoms with Gasteiger partial charge in [0.05, 0.1) is 0 Å². The number of fused-ring (bicyclic) bond motifs is 10. The predicted octanol–water partition coefficient (Wildman–Crippen LogP) is 12.5. The Morgan fingerprint density at radius 3 is 1.41 bits per heavy atom. The van der Waals surface area contributed by atoms with Crippen molar-refractivity contribution in [3.05, 3.63) is 23.3 Å². The van der Waals surface area contributed by atoms with Crippen LogP contribution in [0.1, 0.15) is 177 Å². The molecule has 0 heterocycles. The summed E-state index contributed by atoms with van der Waals surface area (Å²) < 4.78 is 0. The molecule has 0 bridgehead atoms. The summed E-state index contributed by atoms with van der Waals surface area (Å²) in [4.78, 5) is 0. The molecule has 288 valence electrons. The van der Waals surface area contributed by atoms with Crippen molar-refractivity contribution in [3.8, 4) is 0 Å². The van der Waals surface area contributed by atoms with E-state index in [1.165, 1.54) is 135 Å². The molecule has 51 heavy (non-hydrogen) atoms. The summed E-state index contributed by atoms with van der Waals surface area (Å²) in [5.74, 6) is 9.39. The van der Waals surface area contributed by atoms with Crippen LogP contribution in [0.15, 0.2) is 23.3 Å². The molecule has 0 amide bonds. The molecule has 0 aliphatic heterocycles. The Morgan fingerprint density at radius 1 is 0.569 bits per heavy atom. The van der Waals surface area contributed by atoms with Gasteiger partial charge in [-0.1, -0.05) is 78.7 Å². The summed E-state index contributed by atoms with van der Waals surface area (Å²) in [5.41, 5.74) is 5.83. The van der Waals surface area contributed by atoms with Crippen LogP contribution in [0.5, 0.6) is 0 Å². The van der Waals surface area contributed by atoms with Gasteiger partial charge in [-0.15, -0.1) is 0 Å². The second-order valence-electron chi connectivity index (χ2n) is 22.0. The lowest BCUT2D eigenvalue weighted by Gasteiger charge is -2.59. The highest BCUT2D eigenvalue weighted by molar-refractivity contribution is 5.27. The van der Waals surface area contributed by atoms with Crippen molar-refractivity contribution in [2.45, 2.75) is 189 Å². The van der Waals surface area contributed by atoms with E-state index in [4.69, 9.17) is 0 Å². The highest BCUT2D eigenvalue weighted by Gasteiger charge is 2.61. The van der Waals surface area contributed by atoms with E-state index in [0.717, 1.165) is 71.3 Å². The number of nitrogens with one attached hydrogen (secondary N) is 2. The van der Waals surface area contributed by atoms with Crippen LogP contribution >= 0.6 is 0 Å². The van der Waals surface area contributed by atoms with Crippen LogP contribution in [0.3, 0.4) is 0 Å². The van der Waals surface area contributed by atoms with Gasteiger partial charge in [0.1, 0.15) is 0 Å². The van der Waals surface area contributed by atoms with Crippen molar-refractivity contribution in [1.29, 1.82) is 0 Å². The molecule has 0 aromatic rings. The fourth-order valence-electron chi connectivity index (χ4n) is 17.2. The van der Waals surface area contributed by atoms with Crippen LogP contribution in [0.25, 0.3) is 0 Å². The van der Waals surface area contributed by atoms with Gasteiger partial charge < -0.3 is 10.6 Å². The highest BCUT2D eigenvalue weighted by Crippen LogP contribution is 2.70. The Balaban J connectivity index is 0.912. The fourth-order valence-corrected chi connectivity index (χ4v) is 17.2. The van der Waals surface area contributed by atoms with E-state index in [1.54, 1.807) is 0 Å². The molecule has 8 aliphatic carbocycles. The minimum atomic E-state index is 0.485. The number of hydrogen-bond acceptors (Lipinski definition) is 2. The first-order valence-electron chi connectivity index (χ1n) is 23.3. The average molecular weight is 699 g/mol. The first-order valence-corrected chi connectivity index (χ1v) is 23.3. The van der Waals surface area contributed by atoms with Gasteiger partial charge >= 0.3 is 0 Å². The van der Waals surface area contributed by atoms with Crippen LogP contribution in [0, 0.1) is 80.8 Å². The molecule has 8 aliphatic rings. The molecule has 6 fully saturated rings. The molecular formula is C49H82N2. The van der Waals surface area contributed by atoms with Gasteiger partial charge in [-0.05, 0) is 216 Å². The van der Waals surface area contributed by atoms with Crippen molar-refractivity contribution in [3.63, 3.8) is 0 Å². The summed E-state index contributed by atoms with van der Waals surface area (Å²) in [7, 11) is 0. The normalized spacial score (nSPS) is 50.0. The maximum Gasteiger partial charge on any atom is 0.0105 e. The molecule has 2 N–H and O–H groups in total. The van der Waals surface area contributed by atoms with E-state index in [2.05, 4.69) is 78.2 Å². The third kappa shape index (κ3) is 6.05. The lowest BCUT2D eigenvalue weighted by atomic mass is 9.46. The fraction of sp³-hybridized carbons (Fsp3) is 0.918. The Morgan fingerprint density at radius 2 is 1.00 bits per heavy atom. The van der Waals surface area contributed by atoms with Crippen LogP contribution in [0.4, 0.5) is 0 Å². The number of allylic oxidation sites excluding steroid dienone is 2. The third-order valence-electron chi connectivity index (χ3n) is 19.8. The first kappa shape index (κ1) is 37.3. The monoisotopic (exact) mass is 699 g/mol. The average Bonchev–Trinajstić information content (AvgIpc) is 3.66. The topological polar surface area (TPSA) is 24.1 Å². The van der Waals surface area contributed by atoms with Gasteiger partial charge in [0.25, 0.3) is 0 Å². The van der Waals surface area contributed by atoms with Gasteiger partial charge in [-0.25, -0.2) is 0 Å². The minimum Gasteiger partial charge on any atom is -0.314 e. The Kier molecular flexibility index (Phi) is 10.4. The maximum atomic E-state index is 3.89. The van der Waals surface area contributed by atoms with Crippen molar-refractivity contribution >= 4 is 0 Å². The zero-order chi connectivity index (χ0) is 35.8. The van der Waals surface area contributed by atoms with Gasteiger partial charge in [0, 0.05) is 12.1 Å². The smallest absolute Gasteiger partial charge is 0.0105 e. The van der Waals surface area contributed by atoms with E-state index < -0.39 is 0 Å². The Bertz CT molecular complexity index is 1210. The van der Waals surface area contributed by atoms with Crippen molar-refractivity contribution < 1.29 is 0 Å². The highest BCUT2D eigenvalue weighted by atomic mass is 14.9. The molecule has 2 nitrogen and oxygen atoms in total. The molecule has 0 radical (unpaired) electrons. The SMILES string of the molecule is CCCN[C@H]1CCC2(C)C(=CC[C@H]3C2CCC2(C)C3CCC2[C@H](C)C[C@@H](C)C2CCC3[C@H]4CC=C5C[C@@H](NCCC)CCC5(C)C4CCC32C)C1. The van der Waals surface area contributed by atoms with E-state index in [0.29, 0.717) is 21.7 Å². The zero-order valence-electron chi connectivity index (χ0n) is 34.9. The van der Waals surface area contributed by atoms with E-state index in [1.807, 2.05) is 11.1 Å². The molecule has 8 rings (SSSR count). The molecule has 6 saturated carbocycles. The zero-order valence-corrected chi connectivity index (χ0v) is 34.9. The molecule has 0 aromatic heterocycles. The molecule has 10 unspecified atom stereocenters. The molecule has 0 saturated heterocycles. The molecular weight excluding hydrogens is 617 g/mol. The van der Waals surface area contributed by atoms with Crippen molar-refractivity contribution in [2.24, 2.45) is 80.8 Å². The van der Waals surface area contributed by atoms with Crippen molar-refractivity contribution in [2.75, 3.05) is 13.1 Å².